The van der Waals surface area contributed by atoms with Crippen LogP contribution in [0.3, 0.4) is 0 Å². The van der Waals surface area contributed by atoms with Crippen LogP contribution in [0.5, 0.6) is 0 Å². The Labute approximate surface area is 158 Å². The highest BCUT2D eigenvalue weighted by atomic mass is 35.5. The van der Waals surface area contributed by atoms with Crippen molar-refractivity contribution in [1.29, 1.82) is 0 Å². The van der Waals surface area contributed by atoms with Gasteiger partial charge in [0.05, 0.1) is 5.54 Å². The highest BCUT2D eigenvalue weighted by Crippen LogP contribution is 2.28. The van der Waals surface area contributed by atoms with Gasteiger partial charge < -0.3 is 15.4 Å². The molecule has 1 aliphatic carbocycles. The number of nitrogens with zero attached hydrogens (tertiary/aromatic N) is 2. The summed E-state index contributed by atoms with van der Waals surface area (Å²) >= 11 is 0. The molecule has 7 heteroatoms. The highest BCUT2D eigenvalue weighted by molar-refractivity contribution is 5.86. The molecule has 24 heavy (non-hydrogen) atoms. The van der Waals surface area contributed by atoms with E-state index in [0.717, 1.165) is 38.1 Å². The van der Waals surface area contributed by atoms with Crippen LogP contribution in [0.2, 0.25) is 0 Å². The van der Waals surface area contributed by atoms with E-state index in [1.54, 1.807) is 0 Å². The molecule has 2 heterocycles. The van der Waals surface area contributed by atoms with Crippen LogP contribution in [-0.2, 0) is 9.53 Å². The van der Waals surface area contributed by atoms with Crippen molar-refractivity contribution < 1.29 is 9.53 Å². The lowest BCUT2D eigenvalue weighted by atomic mass is 9.86. The largest absolute Gasteiger partial charge is 0.381 e. The highest BCUT2D eigenvalue weighted by Gasteiger charge is 2.40. The minimum Gasteiger partial charge on any atom is -0.381 e. The molecule has 0 atom stereocenters. The van der Waals surface area contributed by atoms with Crippen LogP contribution in [0.15, 0.2) is 0 Å². The van der Waals surface area contributed by atoms with Crippen LogP contribution < -0.4 is 5.73 Å². The van der Waals surface area contributed by atoms with Crippen LogP contribution in [0.25, 0.3) is 0 Å². The molecule has 1 saturated carbocycles. The first-order valence-electron chi connectivity index (χ1n) is 8.98. The quantitative estimate of drug-likeness (QED) is 0.794. The van der Waals surface area contributed by atoms with E-state index in [1.165, 1.54) is 25.7 Å². The zero-order valence-electron chi connectivity index (χ0n) is 14.7. The molecular weight excluding hydrogens is 349 g/mol. The average molecular weight is 382 g/mol. The number of halogens is 2. The van der Waals surface area contributed by atoms with Gasteiger partial charge >= 0.3 is 0 Å². The van der Waals surface area contributed by atoms with Crippen molar-refractivity contribution in [3.63, 3.8) is 0 Å². The Morgan fingerprint density at radius 3 is 2.08 bits per heavy atom. The zero-order chi connectivity index (χ0) is 15.6. The molecule has 0 bridgehead atoms. The lowest BCUT2D eigenvalue weighted by Crippen LogP contribution is -2.62. The normalized spacial score (nSPS) is 30.8. The van der Waals surface area contributed by atoms with Crippen molar-refractivity contribution in [2.24, 2.45) is 11.7 Å². The summed E-state index contributed by atoms with van der Waals surface area (Å²) < 4.78 is 5.35. The standard InChI is InChI=1S/C17H31N3O2.2ClH/c1-14-2-4-15(5-3-14)19-8-10-20(11-9-19)16(21)17(18)6-12-22-13-7-17;;/h14-15H,2-13,18H2,1H3;2*1H. The Morgan fingerprint density at radius 1 is 1.00 bits per heavy atom. The second-order valence-electron chi connectivity index (χ2n) is 7.51. The molecule has 3 aliphatic rings. The maximum absolute atomic E-state index is 12.7. The molecule has 0 aromatic heterocycles. The van der Waals surface area contributed by atoms with Gasteiger partial charge in [0, 0.05) is 45.4 Å². The van der Waals surface area contributed by atoms with Crippen molar-refractivity contribution in [1.82, 2.24) is 9.80 Å². The molecule has 1 amide bonds. The molecule has 0 radical (unpaired) electrons. The van der Waals surface area contributed by atoms with Gasteiger partial charge in [-0.3, -0.25) is 9.69 Å². The Kier molecular flexibility index (Phi) is 8.77. The number of hydrogen-bond donors (Lipinski definition) is 1. The fourth-order valence-corrected chi connectivity index (χ4v) is 4.16. The predicted octanol–water partition coefficient (Wildman–Crippen LogP) is 2.06. The minimum absolute atomic E-state index is 0. The van der Waals surface area contributed by atoms with Gasteiger partial charge in [0.25, 0.3) is 0 Å². The summed E-state index contributed by atoms with van der Waals surface area (Å²) in [6.45, 7) is 7.29. The second-order valence-corrected chi connectivity index (χ2v) is 7.51. The van der Waals surface area contributed by atoms with Crippen molar-refractivity contribution in [2.75, 3.05) is 39.4 Å². The van der Waals surface area contributed by atoms with Crippen LogP contribution in [0.4, 0.5) is 0 Å². The molecule has 0 aromatic rings. The van der Waals surface area contributed by atoms with E-state index in [2.05, 4.69) is 11.8 Å². The van der Waals surface area contributed by atoms with Gasteiger partial charge in [-0.25, -0.2) is 0 Å². The van der Waals surface area contributed by atoms with Crippen LogP contribution in [-0.4, -0.2) is 66.7 Å². The number of carbonyl (C=O) groups is 1. The third-order valence-electron chi connectivity index (χ3n) is 5.91. The summed E-state index contributed by atoms with van der Waals surface area (Å²) in [4.78, 5) is 17.3. The molecule has 5 nitrogen and oxygen atoms in total. The van der Waals surface area contributed by atoms with Gasteiger partial charge in [0.2, 0.25) is 5.91 Å². The Balaban J connectivity index is 0.00000144. The second kappa shape index (κ2) is 9.58. The number of carbonyl (C=O) groups excluding carboxylic acids is 1. The molecule has 0 spiro atoms. The van der Waals surface area contributed by atoms with E-state index in [0.29, 0.717) is 26.1 Å². The van der Waals surface area contributed by atoms with E-state index in [4.69, 9.17) is 10.5 Å². The number of amides is 1. The third-order valence-corrected chi connectivity index (χ3v) is 5.91. The molecule has 2 saturated heterocycles. The van der Waals surface area contributed by atoms with Crippen molar-refractivity contribution in [2.45, 2.75) is 57.0 Å². The van der Waals surface area contributed by atoms with Gasteiger partial charge in [0.1, 0.15) is 0 Å². The molecule has 142 valence electrons. The van der Waals surface area contributed by atoms with Crippen LogP contribution >= 0.6 is 24.8 Å². The molecular formula is C17H33Cl2N3O2. The third kappa shape index (κ3) is 4.98. The SMILES string of the molecule is CC1CCC(N2CCN(C(=O)C3(N)CCOCC3)CC2)CC1.Cl.Cl. The van der Waals surface area contributed by atoms with Crippen LogP contribution in [0, 0.1) is 5.92 Å². The predicted molar refractivity (Wildman–Crippen MR) is 101 cm³/mol. The lowest BCUT2D eigenvalue weighted by Gasteiger charge is -2.44. The van der Waals surface area contributed by atoms with Gasteiger partial charge in [0.15, 0.2) is 0 Å². The molecule has 3 fully saturated rings. The molecule has 2 aliphatic heterocycles. The van der Waals surface area contributed by atoms with E-state index < -0.39 is 5.54 Å². The Hall–Kier alpha value is -0.0700. The van der Waals surface area contributed by atoms with Crippen molar-refractivity contribution in [3.8, 4) is 0 Å². The van der Waals surface area contributed by atoms with Gasteiger partial charge in [-0.1, -0.05) is 6.92 Å². The fourth-order valence-electron chi connectivity index (χ4n) is 4.16. The van der Waals surface area contributed by atoms with Gasteiger partial charge in [-0.05, 0) is 44.4 Å². The number of rotatable bonds is 2. The van der Waals surface area contributed by atoms with Crippen molar-refractivity contribution >= 4 is 30.7 Å². The van der Waals surface area contributed by atoms with Gasteiger partial charge in [-0.2, -0.15) is 0 Å². The smallest absolute Gasteiger partial charge is 0.242 e. The van der Waals surface area contributed by atoms with Crippen LogP contribution in [0.1, 0.15) is 45.4 Å². The number of piperazine rings is 1. The van der Waals surface area contributed by atoms with Crippen molar-refractivity contribution in [3.05, 3.63) is 0 Å². The Bertz CT molecular complexity index is 389. The summed E-state index contributed by atoms with van der Waals surface area (Å²) in [5.41, 5.74) is 5.66. The maximum Gasteiger partial charge on any atom is 0.242 e. The molecule has 3 rings (SSSR count). The summed E-state index contributed by atoms with van der Waals surface area (Å²) in [6, 6.07) is 0.739. The number of nitrogens with two attached hydrogens (primary N) is 1. The summed E-state index contributed by atoms with van der Waals surface area (Å²) in [7, 11) is 0. The molecule has 2 N–H and O–H groups in total. The first-order chi connectivity index (χ1) is 10.6. The molecule has 0 aromatic carbocycles. The average Bonchev–Trinajstić information content (AvgIpc) is 2.56. The first kappa shape index (κ1) is 22.0. The number of hydrogen-bond acceptors (Lipinski definition) is 4. The van der Waals surface area contributed by atoms with E-state index in [-0.39, 0.29) is 30.7 Å². The van der Waals surface area contributed by atoms with Gasteiger partial charge in [-0.15, -0.1) is 24.8 Å². The van der Waals surface area contributed by atoms with E-state index >= 15 is 0 Å². The topological polar surface area (TPSA) is 58.8 Å². The summed E-state index contributed by atoms with van der Waals surface area (Å²) in [5, 5.41) is 0. The molecule has 0 unspecified atom stereocenters. The number of ether oxygens (including phenoxy) is 1. The zero-order valence-corrected chi connectivity index (χ0v) is 16.4. The van der Waals surface area contributed by atoms with E-state index in [9.17, 15) is 4.79 Å². The Morgan fingerprint density at radius 2 is 1.54 bits per heavy atom. The lowest BCUT2D eigenvalue weighted by molar-refractivity contribution is -0.142. The maximum atomic E-state index is 12.7. The minimum atomic E-state index is -0.680. The first-order valence-corrected chi connectivity index (χ1v) is 8.98. The fraction of sp³-hybridized carbons (Fsp3) is 0.941. The summed E-state index contributed by atoms with van der Waals surface area (Å²) in [5.74, 6) is 1.04. The van der Waals surface area contributed by atoms with E-state index in [1.807, 2.05) is 4.90 Å². The monoisotopic (exact) mass is 381 g/mol. The summed E-state index contributed by atoms with van der Waals surface area (Å²) in [6.07, 6.45) is 6.69.